The van der Waals surface area contributed by atoms with Gasteiger partial charge in [-0.15, -0.1) is 0 Å². The van der Waals surface area contributed by atoms with Gasteiger partial charge in [0.2, 0.25) is 0 Å². The lowest BCUT2D eigenvalue weighted by atomic mass is 10.1. The smallest absolute Gasteiger partial charge is 0.352 e. The minimum atomic E-state index is -4.37. The Hall–Kier alpha value is -2.76. The third-order valence-electron chi connectivity index (χ3n) is 4.50. The summed E-state index contributed by atoms with van der Waals surface area (Å²) in [7, 11) is 0. The van der Waals surface area contributed by atoms with Crippen LogP contribution in [0, 0.1) is 0 Å². The van der Waals surface area contributed by atoms with Gasteiger partial charge in [-0.2, -0.15) is 13.2 Å². The Bertz CT molecular complexity index is 908. The van der Waals surface area contributed by atoms with Gasteiger partial charge in [0.15, 0.2) is 0 Å². The van der Waals surface area contributed by atoms with Crippen LogP contribution in [0.15, 0.2) is 60.9 Å². The van der Waals surface area contributed by atoms with E-state index in [4.69, 9.17) is 0 Å². The van der Waals surface area contributed by atoms with Crippen molar-refractivity contribution in [2.45, 2.75) is 6.18 Å². The summed E-state index contributed by atoms with van der Waals surface area (Å²) in [5.41, 5.74) is 0.855. The van der Waals surface area contributed by atoms with Crippen molar-refractivity contribution in [3.63, 3.8) is 0 Å². The van der Waals surface area contributed by atoms with Gasteiger partial charge in [0.25, 0.3) is 0 Å². The number of alkyl halides is 3. The molecule has 1 fully saturated rings. The molecule has 0 N–H and O–H groups in total. The summed E-state index contributed by atoms with van der Waals surface area (Å²) in [6.07, 6.45) is -2.03. The number of halogens is 3. The molecule has 128 valence electrons. The highest BCUT2D eigenvalue weighted by Crippen LogP contribution is 2.32. The fourth-order valence-corrected chi connectivity index (χ4v) is 3.14. The molecule has 0 spiro atoms. The molecule has 1 aliphatic rings. The van der Waals surface area contributed by atoms with Crippen molar-refractivity contribution >= 4 is 22.1 Å². The molecule has 0 aliphatic carbocycles. The molecule has 25 heavy (non-hydrogen) atoms. The molecule has 0 atom stereocenters. The lowest BCUT2D eigenvalue weighted by Crippen LogP contribution is -2.25. The van der Waals surface area contributed by atoms with E-state index < -0.39 is 11.7 Å². The van der Waals surface area contributed by atoms with Crippen LogP contribution in [0.25, 0.3) is 10.8 Å². The van der Waals surface area contributed by atoms with Gasteiger partial charge in [0, 0.05) is 25.0 Å². The topological polar surface area (TPSA) is 19.4 Å². The summed E-state index contributed by atoms with van der Waals surface area (Å²) < 4.78 is 38.6. The van der Waals surface area contributed by atoms with Gasteiger partial charge >= 0.3 is 6.18 Å². The summed E-state index contributed by atoms with van der Waals surface area (Å²) in [5.74, 6) is 0. The van der Waals surface area contributed by atoms with Gasteiger partial charge < -0.3 is 9.80 Å². The van der Waals surface area contributed by atoms with Crippen LogP contribution in [-0.4, -0.2) is 24.7 Å². The molecule has 0 radical (unpaired) electrons. The van der Waals surface area contributed by atoms with E-state index in [1.54, 1.807) is 0 Å². The summed E-state index contributed by atoms with van der Waals surface area (Å²) in [4.78, 5) is 7.83. The van der Waals surface area contributed by atoms with Crippen LogP contribution in [0.3, 0.4) is 0 Å². The first-order valence-electron chi connectivity index (χ1n) is 8.02. The number of hydrogen-bond donors (Lipinski definition) is 0. The predicted molar refractivity (Wildman–Crippen MR) is 92.7 cm³/mol. The van der Waals surface area contributed by atoms with E-state index in [1.165, 1.54) is 11.6 Å². The van der Waals surface area contributed by atoms with Gasteiger partial charge in [0.05, 0.1) is 24.1 Å². The minimum Gasteiger partial charge on any atom is -0.352 e. The molecule has 1 saturated heterocycles. The molecule has 2 heterocycles. The SMILES string of the molecule is FC(F)(F)c1cncc(N2CCN(c3ccc4ccccc4c3)C2)c1. The Labute approximate surface area is 143 Å². The van der Waals surface area contributed by atoms with Crippen LogP contribution >= 0.6 is 0 Å². The summed E-state index contributed by atoms with van der Waals surface area (Å²) >= 11 is 0. The molecule has 0 unspecified atom stereocenters. The maximum Gasteiger partial charge on any atom is 0.417 e. The molecule has 1 aromatic heterocycles. The highest BCUT2D eigenvalue weighted by molar-refractivity contribution is 5.86. The second kappa shape index (κ2) is 5.95. The molecule has 3 aromatic rings. The monoisotopic (exact) mass is 343 g/mol. The molecule has 6 heteroatoms. The van der Waals surface area contributed by atoms with Gasteiger partial charge in [-0.05, 0) is 29.0 Å². The van der Waals surface area contributed by atoms with Crippen molar-refractivity contribution in [2.24, 2.45) is 0 Å². The van der Waals surface area contributed by atoms with Crippen molar-refractivity contribution in [1.82, 2.24) is 4.98 Å². The first-order valence-corrected chi connectivity index (χ1v) is 8.02. The molecule has 0 bridgehead atoms. The first kappa shape index (κ1) is 15.7. The standard InChI is InChI=1S/C19H16F3N3/c20-19(21,22)16-10-18(12-23-11-16)25-8-7-24(13-25)17-6-5-14-3-1-2-4-15(14)9-17/h1-6,9-12H,7-8,13H2. The molecule has 0 saturated carbocycles. The predicted octanol–water partition coefficient (Wildman–Crippen LogP) is 4.54. The largest absolute Gasteiger partial charge is 0.417 e. The van der Waals surface area contributed by atoms with Crippen LogP contribution in [0.2, 0.25) is 0 Å². The van der Waals surface area contributed by atoms with Gasteiger partial charge in [0.1, 0.15) is 0 Å². The van der Waals surface area contributed by atoms with E-state index in [9.17, 15) is 13.2 Å². The van der Waals surface area contributed by atoms with E-state index in [1.807, 2.05) is 17.0 Å². The van der Waals surface area contributed by atoms with Crippen molar-refractivity contribution in [1.29, 1.82) is 0 Å². The van der Waals surface area contributed by atoms with E-state index in [0.29, 0.717) is 18.9 Å². The van der Waals surface area contributed by atoms with Crippen molar-refractivity contribution in [3.05, 3.63) is 66.5 Å². The highest BCUT2D eigenvalue weighted by Gasteiger charge is 2.32. The zero-order chi connectivity index (χ0) is 17.4. The lowest BCUT2D eigenvalue weighted by Gasteiger charge is -2.22. The van der Waals surface area contributed by atoms with Gasteiger partial charge in [-0.1, -0.05) is 30.3 Å². The molecular formula is C19H16F3N3. The maximum absolute atomic E-state index is 12.9. The number of anilines is 2. The van der Waals surface area contributed by atoms with E-state index in [0.717, 1.165) is 29.9 Å². The lowest BCUT2D eigenvalue weighted by molar-refractivity contribution is -0.137. The van der Waals surface area contributed by atoms with Crippen molar-refractivity contribution in [2.75, 3.05) is 29.6 Å². The number of pyridine rings is 1. The number of nitrogens with zero attached hydrogens (tertiary/aromatic N) is 3. The number of aromatic nitrogens is 1. The Kier molecular flexibility index (Phi) is 3.75. The average Bonchev–Trinajstić information content (AvgIpc) is 3.11. The van der Waals surface area contributed by atoms with E-state index in [-0.39, 0.29) is 0 Å². The minimum absolute atomic E-state index is 0.498. The van der Waals surface area contributed by atoms with Crippen LogP contribution in [-0.2, 0) is 6.18 Å². The van der Waals surface area contributed by atoms with Crippen LogP contribution in [0.1, 0.15) is 5.56 Å². The van der Waals surface area contributed by atoms with Crippen molar-refractivity contribution < 1.29 is 13.2 Å². The third kappa shape index (κ3) is 3.12. The Morgan fingerprint density at radius 1 is 0.800 bits per heavy atom. The zero-order valence-electron chi connectivity index (χ0n) is 13.4. The van der Waals surface area contributed by atoms with Crippen LogP contribution in [0.5, 0.6) is 0 Å². The van der Waals surface area contributed by atoms with Crippen LogP contribution < -0.4 is 9.80 Å². The van der Waals surface area contributed by atoms with E-state index in [2.05, 4.69) is 40.2 Å². The van der Waals surface area contributed by atoms with Gasteiger partial charge in [-0.25, -0.2) is 0 Å². The Balaban J connectivity index is 1.56. The van der Waals surface area contributed by atoms with Crippen molar-refractivity contribution in [3.8, 4) is 0 Å². The normalized spacial score (nSPS) is 15.2. The number of benzene rings is 2. The zero-order valence-corrected chi connectivity index (χ0v) is 13.4. The first-order chi connectivity index (χ1) is 12.0. The molecular weight excluding hydrogens is 327 g/mol. The Morgan fingerprint density at radius 2 is 1.52 bits per heavy atom. The van der Waals surface area contributed by atoms with Gasteiger partial charge in [-0.3, -0.25) is 4.98 Å². The average molecular weight is 343 g/mol. The second-order valence-corrected chi connectivity index (χ2v) is 6.13. The molecule has 1 aliphatic heterocycles. The fourth-order valence-electron chi connectivity index (χ4n) is 3.14. The van der Waals surface area contributed by atoms with E-state index >= 15 is 0 Å². The highest BCUT2D eigenvalue weighted by atomic mass is 19.4. The number of fused-ring (bicyclic) bond motifs is 1. The number of rotatable bonds is 2. The number of hydrogen-bond acceptors (Lipinski definition) is 3. The fraction of sp³-hybridized carbons (Fsp3) is 0.211. The summed E-state index contributed by atoms with van der Waals surface area (Å²) in [6.45, 7) is 1.96. The van der Waals surface area contributed by atoms with Crippen LogP contribution in [0.4, 0.5) is 24.5 Å². The second-order valence-electron chi connectivity index (χ2n) is 6.13. The Morgan fingerprint density at radius 3 is 2.28 bits per heavy atom. The maximum atomic E-state index is 12.9. The molecule has 4 rings (SSSR count). The molecule has 3 nitrogen and oxygen atoms in total. The summed E-state index contributed by atoms with van der Waals surface area (Å²) in [5, 5.41) is 2.32. The summed E-state index contributed by atoms with van der Waals surface area (Å²) in [6, 6.07) is 15.5. The quantitative estimate of drug-likeness (QED) is 0.681. The third-order valence-corrected chi connectivity index (χ3v) is 4.50. The molecule has 2 aromatic carbocycles. The molecule has 0 amide bonds.